The molecule has 2 aromatic rings. The first-order valence-electron chi connectivity index (χ1n) is 8.16. The van der Waals surface area contributed by atoms with Gasteiger partial charge < -0.3 is 21.1 Å². The number of nitrogens with one attached hydrogen (secondary N) is 2. The molecule has 0 fully saturated rings. The summed E-state index contributed by atoms with van der Waals surface area (Å²) in [5, 5.41) is 14.8. The Labute approximate surface area is 157 Å². The Morgan fingerprint density at radius 1 is 1.19 bits per heavy atom. The van der Waals surface area contributed by atoms with Gasteiger partial charge in [-0.05, 0) is 36.8 Å². The standard InChI is InChI=1S/C20H20N4O3/c1-13(14-7-9-16(27-2)10-8-14)24-20(26)15(11-21)12-23-18-6-4-3-5-17(18)19(22)25/h3-10,12-13,23H,1-2H3,(H2,22,25)(H,24,26)/b15-12-. The van der Waals surface area contributed by atoms with E-state index in [4.69, 9.17) is 10.5 Å². The Hall–Kier alpha value is -3.79. The van der Waals surface area contributed by atoms with Gasteiger partial charge in [-0.3, -0.25) is 9.59 Å². The maximum Gasteiger partial charge on any atom is 0.263 e. The molecule has 2 amide bonds. The van der Waals surface area contributed by atoms with Crippen LogP contribution < -0.4 is 21.1 Å². The van der Waals surface area contributed by atoms with E-state index in [1.807, 2.05) is 25.1 Å². The van der Waals surface area contributed by atoms with Crippen LogP contribution in [0, 0.1) is 11.3 Å². The number of hydrogen-bond donors (Lipinski definition) is 3. The number of primary amides is 1. The molecule has 0 aliphatic heterocycles. The summed E-state index contributed by atoms with van der Waals surface area (Å²) in [5.41, 5.74) is 6.72. The van der Waals surface area contributed by atoms with Gasteiger partial charge in [-0.1, -0.05) is 24.3 Å². The van der Waals surface area contributed by atoms with Crippen molar-refractivity contribution >= 4 is 17.5 Å². The molecule has 0 aliphatic carbocycles. The zero-order chi connectivity index (χ0) is 19.8. The third-order valence-corrected chi connectivity index (χ3v) is 3.89. The summed E-state index contributed by atoms with van der Waals surface area (Å²) in [6.45, 7) is 1.81. The molecule has 138 valence electrons. The van der Waals surface area contributed by atoms with Crippen LogP contribution in [0.1, 0.15) is 28.9 Å². The van der Waals surface area contributed by atoms with Gasteiger partial charge in [0.1, 0.15) is 17.4 Å². The maximum atomic E-state index is 12.4. The molecule has 0 spiro atoms. The number of nitrogens with two attached hydrogens (primary N) is 1. The molecule has 0 heterocycles. The van der Waals surface area contributed by atoms with E-state index >= 15 is 0 Å². The van der Waals surface area contributed by atoms with E-state index in [2.05, 4.69) is 10.6 Å². The summed E-state index contributed by atoms with van der Waals surface area (Å²) in [7, 11) is 1.58. The van der Waals surface area contributed by atoms with Gasteiger partial charge in [0, 0.05) is 6.20 Å². The van der Waals surface area contributed by atoms with Gasteiger partial charge in [0.15, 0.2) is 0 Å². The summed E-state index contributed by atoms with van der Waals surface area (Å²) in [5.74, 6) is -0.431. The van der Waals surface area contributed by atoms with Crippen molar-refractivity contribution in [2.75, 3.05) is 12.4 Å². The number of amides is 2. The SMILES string of the molecule is COc1ccc(C(C)NC(=O)/C(C#N)=C\Nc2ccccc2C(N)=O)cc1. The lowest BCUT2D eigenvalue weighted by molar-refractivity contribution is -0.117. The highest BCUT2D eigenvalue weighted by molar-refractivity contribution is 6.00. The van der Waals surface area contributed by atoms with Crippen LogP contribution in [0.25, 0.3) is 0 Å². The molecular weight excluding hydrogens is 344 g/mol. The van der Waals surface area contributed by atoms with Gasteiger partial charge in [0.2, 0.25) is 0 Å². The lowest BCUT2D eigenvalue weighted by Gasteiger charge is -2.14. The van der Waals surface area contributed by atoms with E-state index in [9.17, 15) is 14.9 Å². The number of benzene rings is 2. The number of methoxy groups -OCH3 is 1. The van der Waals surface area contributed by atoms with E-state index in [0.717, 1.165) is 5.56 Å². The predicted molar refractivity (Wildman–Crippen MR) is 102 cm³/mol. The average Bonchev–Trinajstić information content (AvgIpc) is 2.68. The highest BCUT2D eigenvalue weighted by atomic mass is 16.5. The molecule has 7 heteroatoms. The summed E-state index contributed by atoms with van der Waals surface area (Å²) < 4.78 is 5.11. The van der Waals surface area contributed by atoms with Gasteiger partial charge >= 0.3 is 0 Å². The number of anilines is 1. The van der Waals surface area contributed by atoms with Gasteiger partial charge in [-0.25, -0.2) is 0 Å². The van der Waals surface area contributed by atoms with Crippen LogP contribution >= 0.6 is 0 Å². The van der Waals surface area contributed by atoms with Gasteiger partial charge in [-0.2, -0.15) is 5.26 Å². The minimum absolute atomic E-state index is 0.130. The summed E-state index contributed by atoms with van der Waals surface area (Å²) in [6, 6.07) is 15.4. The minimum atomic E-state index is -0.609. The first kappa shape index (κ1) is 19.5. The molecule has 0 saturated carbocycles. The molecule has 7 nitrogen and oxygen atoms in total. The Morgan fingerprint density at radius 2 is 1.85 bits per heavy atom. The normalized spacial score (nSPS) is 11.8. The summed E-state index contributed by atoms with van der Waals surface area (Å²) in [6.07, 6.45) is 1.25. The molecule has 2 rings (SSSR count). The Bertz CT molecular complexity index is 898. The number of rotatable bonds is 7. The van der Waals surface area contributed by atoms with E-state index in [1.165, 1.54) is 6.20 Å². The summed E-state index contributed by atoms with van der Waals surface area (Å²) in [4.78, 5) is 23.8. The van der Waals surface area contributed by atoms with Gasteiger partial charge in [-0.15, -0.1) is 0 Å². The minimum Gasteiger partial charge on any atom is -0.497 e. The third kappa shape index (κ3) is 5.09. The van der Waals surface area contributed by atoms with Crippen molar-refractivity contribution < 1.29 is 14.3 Å². The largest absolute Gasteiger partial charge is 0.497 e. The first-order valence-corrected chi connectivity index (χ1v) is 8.16. The smallest absolute Gasteiger partial charge is 0.263 e. The molecule has 2 aromatic carbocycles. The highest BCUT2D eigenvalue weighted by Gasteiger charge is 2.14. The van der Waals surface area contributed by atoms with Crippen LogP contribution in [0.4, 0.5) is 5.69 Å². The maximum absolute atomic E-state index is 12.4. The quantitative estimate of drug-likeness (QED) is 0.515. The lowest BCUT2D eigenvalue weighted by Crippen LogP contribution is -2.28. The second kappa shape index (κ2) is 9.06. The molecule has 0 aliphatic rings. The zero-order valence-corrected chi connectivity index (χ0v) is 15.0. The topological polar surface area (TPSA) is 117 Å². The van der Waals surface area contributed by atoms with E-state index in [0.29, 0.717) is 11.4 Å². The Morgan fingerprint density at radius 3 is 2.44 bits per heavy atom. The molecule has 0 radical (unpaired) electrons. The molecule has 4 N–H and O–H groups in total. The monoisotopic (exact) mass is 364 g/mol. The van der Waals surface area contributed by atoms with Crippen molar-refractivity contribution in [2.24, 2.45) is 5.73 Å². The number of nitriles is 1. The molecule has 0 bridgehead atoms. The van der Waals surface area contributed by atoms with Crippen LogP contribution in [-0.4, -0.2) is 18.9 Å². The van der Waals surface area contributed by atoms with Crippen molar-refractivity contribution in [3.63, 3.8) is 0 Å². The third-order valence-electron chi connectivity index (χ3n) is 3.89. The van der Waals surface area contributed by atoms with Crippen molar-refractivity contribution in [2.45, 2.75) is 13.0 Å². The second-order valence-corrected chi connectivity index (χ2v) is 5.69. The van der Waals surface area contributed by atoms with Crippen molar-refractivity contribution in [3.05, 3.63) is 71.4 Å². The number of carbonyl (C=O) groups is 2. The van der Waals surface area contributed by atoms with Crippen LogP contribution in [0.3, 0.4) is 0 Å². The fourth-order valence-corrected chi connectivity index (χ4v) is 2.37. The van der Waals surface area contributed by atoms with Gasteiger partial charge in [0.25, 0.3) is 11.8 Å². The van der Waals surface area contributed by atoms with E-state index in [1.54, 1.807) is 43.5 Å². The number of carbonyl (C=O) groups excluding carboxylic acids is 2. The fraction of sp³-hybridized carbons (Fsp3) is 0.150. The van der Waals surface area contributed by atoms with Gasteiger partial charge in [0.05, 0.1) is 24.4 Å². The molecule has 0 saturated heterocycles. The van der Waals surface area contributed by atoms with Crippen LogP contribution in [0.15, 0.2) is 60.3 Å². The second-order valence-electron chi connectivity index (χ2n) is 5.69. The van der Waals surface area contributed by atoms with Crippen molar-refractivity contribution in [1.82, 2.24) is 5.32 Å². The average molecular weight is 364 g/mol. The molecule has 1 unspecified atom stereocenters. The molecule has 27 heavy (non-hydrogen) atoms. The van der Waals surface area contributed by atoms with E-state index in [-0.39, 0.29) is 17.2 Å². The number of para-hydroxylation sites is 1. The lowest BCUT2D eigenvalue weighted by atomic mass is 10.1. The predicted octanol–water partition coefficient (Wildman–Crippen LogP) is 2.49. The van der Waals surface area contributed by atoms with Crippen molar-refractivity contribution in [3.8, 4) is 11.8 Å². The molecule has 0 aromatic heterocycles. The number of ether oxygens (including phenoxy) is 1. The number of hydrogen-bond acceptors (Lipinski definition) is 5. The van der Waals surface area contributed by atoms with Crippen LogP contribution in [0.2, 0.25) is 0 Å². The first-order chi connectivity index (χ1) is 13.0. The molecule has 1 atom stereocenters. The van der Waals surface area contributed by atoms with E-state index < -0.39 is 11.8 Å². The van der Waals surface area contributed by atoms with Crippen molar-refractivity contribution in [1.29, 1.82) is 5.26 Å². The zero-order valence-electron chi connectivity index (χ0n) is 15.0. The van der Waals surface area contributed by atoms with Crippen LogP contribution in [-0.2, 0) is 4.79 Å². The molecular formula is C20H20N4O3. The fourth-order valence-electron chi connectivity index (χ4n) is 2.37. The Balaban J connectivity index is 2.10. The number of nitrogens with zero attached hydrogens (tertiary/aromatic N) is 1. The Kier molecular flexibility index (Phi) is 6.55. The highest BCUT2D eigenvalue weighted by Crippen LogP contribution is 2.18. The summed E-state index contributed by atoms with van der Waals surface area (Å²) >= 11 is 0. The van der Waals surface area contributed by atoms with Crippen LogP contribution in [0.5, 0.6) is 5.75 Å².